The fourth-order valence-corrected chi connectivity index (χ4v) is 7.48. The lowest BCUT2D eigenvalue weighted by Crippen LogP contribution is -2.14. The minimum atomic E-state index is -0.0941. The van der Waals surface area contributed by atoms with Crippen LogP contribution in [0.3, 0.4) is 0 Å². The predicted molar refractivity (Wildman–Crippen MR) is 197 cm³/mol. The maximum Gasteiger partial charge on any atom is 0.143 e. The Balaban J connectivity index is 1.27. The number of para-hydroxylation sites is 2. The van der Waals surface area contributed by atoms with Gasteiger partial charge >= 0.3 is 0 Å². The highest BCUT2D eigenvalue weighted by Crippen LogP contribution is 2.51. The minimum absolute atomic E-state index is 0.0941. The summed E-state index contributed by atoms with van der Waals surface area (Å²) in [5.41, 5.74) is 15.0. The molecule has 8 aromatic rings. The zero-order valence-electron chi connectivity index (χ0n) is 26.4. The third-order valence-corrected chi connectivity index (χ3v) is 9.86. The van der Waals surface area contributed by atoms with Crippen LogP contribution in [0.1, 0.15) is 25.0 Å². The molecule has 0 spiro atoms. The van der Waals surface area contributed by atoms with Crippen LogP contribution >= 0.6 is 0 Å². The van der Waals surface area contributed by atoms with Gasteiger partial charge in [0.15, 0.2) is 0 Å². The fourth-order valence-electron chi connectivity index (χ4n) is 7.48. The molecule has 0 amide bonds. The third-order valence-electron chi connectivity index (χ3n) is 9.86. The molecule has 7 aromatic carbocycles. The molecule has 2 nitrogen and oxygen atoms in total. The van der Waals surface area contributed by atoms with Gasteiger partial charge in [0, 0.05) is 38.8 Å². The van der Waals surface area contributed by atoms with Crippen LogP contribution in [0, 0.1) is 0 Å². The SMILES string of the molecule is CC1(C)c2ccccc2-c2ccc(-c3cc(N(c4ccccc4)c4ccc(-c5ccccc5)cc4)cc4c3oc3ccccc34)cc21. The number of anilines is 3. The Bertz CT molecular complexity index is 2420. The molecule has 0 N–H and O–H groups in total. The molecule has 0 fully saturated rings. The Morgan fingerprint density at radius 1 is 0.426 bits per heavy atom. The summed E-state index contributed by atoms with van der Waals surface area (Å²) in [5, 5.41) is 2.23. The maximum absolute atomic E-state index is 6.66. The Kier molecular flexibility index (Phi) is 6.20. The van der Waals surface area contributed by atoms with Crippen LogP contribution in [0.5, 0.6) is 0 Å². The molecule has 0 radical (unpaired) electrons. The van der Waals surface area contributed by atoms with Gasteiger partial charge in [0.25, 0.3) is 0 Å². The molecule has 224 valence electrons. The quantitative estimate of drug-likeness (QED) is 0.195. The highest BCUT2D eigenvalue weighted by molar-refractivity contribution is 6.11. The zero-order valence-corrected chi connectivity index (χ0v) is 26.4. The Hall–Kier alpha value is -5.86. The van der Waals surface area contributed by atoms with Gasteiger partial charge in [-0.25, -0.2) is 0 Å². The van der Waals surface area contributed by atoms with E-state index in [1.54, 1.807) is 0 Å². The average Bonchev–Trinajstić information content (AvgIpc) is 3.61. The standard InChI is InChI=1S/C45H33NO/c1-45(2)41-19-11-9-17-36(41)37-26-23-32(27-42(37)45)39-28-35(29-40-38-18-10-12-20-43(38)47-44(39)40)46(33-15-7-4-8-16-33)34-24-21-31(22-25-34)30-13-5-3-6-14-30/h3-29H,1-2H3. The number of fused-ring (bicyclic) bond motifs is 6. The number of nitrogens with zero attached hydrogens (tertiary/aromatic N) is 1. The normalized spacial score (nSPS) is 13.1. The third kappa shape index (κ3) is 4.40. The molecule has 0 aliphatic heterocycles. The van der Waals surface area contributed by atoms with E-state index in [1.165, 1.54) is 33.4 Å². The largest absolute Gasteiger partial charge is 0.455 e. The van der Waals surface area contributed by atoms with E-state index in [2.05, 4.69) is 176 Å². The van der Waals surface area contributed by atoms with Crippen molar-refractivity contribution in [2.75, 3.05) is 4.90 Å². The molecule has 0 atom stereocenters. The van der Waals surface area contributed by atoms with Crippen molar-refractivity contribution in [2.24, 2.45) is 0 Å². The van der Waals surface area contributed by atoms with Crippen LogP contribution in [0.25, 0.3) is 55.3 Å². The van der Waals surface area contributed by atoms with Crippen molar-refractivity contribution in [1.29, 1.82) is 0 Å². The Morgan fingerprint density at radius 3 is 1.85 bits per heavy atom. The van der Waals surface area contributed by atoms with Gasteiger partial charge in [-0.2, -0.15) is 0 Å². The van der Waals surface area contributed by atoms with Crippen LogP contribution in [0.4, 0.5) is 17.1 Å². The van der Waals surface area contributed by atoms with Crippen molar-refractivity contribution in [1.82, 2.24) is 0 Å². The van der Waals surface area contributed by atoms with Crippen molar-refractivity contribution in [3.63, 3.8) is 0 Å². The molecular formula is C45H33NO. The van der Waals surface area contributed by atoms with Crippen LogP contribution in [-0.4, -0.2) is 0 Å². The highest BCUT2D eigenvalue weighted by Gasteiger charge is 2.35. The second-order valence-corrected chi connectivity index (χ2v) is 13.0. The fraction of sp³-hybridized carbons (Fsp3) is 0.0667. The van der Waals surface area contributed by atoms with Gasteiger partial charge in [0.1, 0.15) is 11.2 Å². The summed E-state index contributed by atoms with van der Waals surface area (Å²) in [6, 6.07) is 58.8. The number of hydrogen-bond acceptors (Lipinski definition) is 2. The summed E-state index contributed by atoms with van der Waals surface area (Å²) in [6.07, 6.45) is 0. The van der Waals surface area contributed by atoms with Gasteiger partial charge in [0.05, 0.1) is 0 Å². The van der Waals surface area contributed by atoms with E-state index in [4.69, 9.17) is 4.42 Å². The molecule has 0 saturated heterocycles. The summed E-state index contributed by atoms with van der Waals surface area (Å²) in [4.78, 5) is 2.35. The molecule has 9 rings (SSSR count). The second-order valence-electron chi connectivity index (χ2n) is 13.0. The second kappa shape index (κ2) is 10.6. The van der Waals surface area contributed by atoms with Gasteiger partial charge in [-0.1, -0.05) is 129 Å². The molecule has 2 heteroatoms. The molecule has 47 heavy (non-hydrogen) atoms. The van der Waals surface area contributed by atoms with E-state index in [9.17, 15) is 0 Å². The summed E-state index contributed by atoms with van der Waals surface area (Å²) in [5.74, 6) is 0. The minimum Gasteiger partial charge on any atom is -0.455 e. The van der Waals surface area contributed by atoms with E-state index >= 15 is 0 Å². The zero-order chi connectivity index (χ0) is 31.5. The van der Waals surface area contributed by atoms with Crippen molar-refractivity contribution < 1.29 is 4.42 Å². The Labute approximate surface area is 275 Å². The van der Waals surface area contributed by atoms with E-state index in [0.29, 0.717) is 0 Å². The first-order valence-electron chi connectivity index (χ1n) is 16.3. The lowest BCUT2D eigenvalue weighted by molar-refractivity contribution is 0.660. The van der Waals surface area contributed by atoms with Crippen molar-refractivity contribution in [2.45, 2.75) is 19.3 Å². The monoisotopic (exact) mass is 603 g/mol. The molecule has 0 unspecified atom stereocenters. The molecular weight excluding hydrogens is 571 g/mol. The first kappa shape index (κ1) is 27.5. The smallest absolute Gasteiger partial charge is 0.143 e. The summed E-state index contributed by atoms with van der Waals surface area (Å²) < 4.78 is 6.66. The van der Waals surface area contributed by atoms with Gasteiger partial charge in [-0.05, 0) is 87.5 Å². The van der Waals surface area contributed by atoms with Gasteiger partial charge < -0.3 is 9.32 Å². The van der Waals surface area contributed by atoms with Crippen molar-refractivity contribution >= 4 is 39.0 Å². The topological polar surface area (TPSA) is 16.4 Å². The van der Waals surface area contributed by atoms with E-state index in [0.717, 1.165) is 50.1 Å². The number of benzene rings is 7. The summed E-state index contributed by atoms with van der Waals surface area (Å²) in [7, 11) is 0. The molecule has 1 heterocycles. The van der Waals surface area contributed by atoms with E-state index < -0.39 is 0 Å². The van der Waals surface area contributed by atoms with Crippen LogP contribution in [0.2, 0.25) is 0 Å². The summed E-state index contributed by atoms with van der Waals surface area (Å²) in [6.45, 7) is 4.68. The van der Waals surface area contributed by atoms with E-state index in [-0.39, 0.29) is 5.41 Å². The van der Waals surface area contributed by atoms with E-state index in [1.807, 2.05) is 6.07 Å². The Morgan fingerprint density at radius 2 is 1.04 bits per heavy atom. The van der Waals surface area contributed by atoms with Crippen molar-refractivity contribution in [3.05, 3.63) is 175 Å². The molecule has 0 bridgehead atoms. The predicted octanol–water partition coefficient (Wildman–Crippen LogP) is 12.7. The molecule has 0 saturated carbocycles. The van der Waals surface area contributed by atoms with Crippen LogP contribution in [0.15, 0.2) is 168 Å². The maximum atomic E-state index is 6.66. The summed E-state index contributed by atoms with van der Waals surface area (Å²) >= 11 is 0. The lowest BCUT2D eigenvalue weighted by atomic mass is 9.81. The van der Waals surface area contributed by atoms with Crippen LogP contribution in [-0.2, 0) is 5.41 Å². The number of hydrogen-bond donors (Lipinski definition) is 0. The van der Waals surface area contributed by atoms with Gasteiger partial charge in [0.2, 0.25) is 0 Å². The number of rotatable bonds is 5. The van der Waals surface area contributed by atoms with Crippen LogP contribution < -0.4 is 4.90 Å². The first-order valence-corrected chi connectivity index (χ1v) is 16.3. The molecule has 1 aliphatic carbocycles. The molecule has 1 aromatic heterocycles. The average molecular weight is 604 g/mol. The molecule has 1 aliphatic rings. The van der Waals surface area contributed by atoms with Crippen molar-refractivity contribution in [3.8, 4) is 33.4 Å². The lowest BCUT2D eigenvalue weighted by Gasteiger charge is -2.26. The van der Waals surface area contributed by atoms with Gasteiger partial charge in [-0.3, -0.25) is 0 Å². The van der Waals surface area contributed by atoms with Gasteiger partial charge in [-0.15, -0.1) is 0 Å². The number of furan rings is 1. The first-order chi connectivity index (χ1) is 23.1. The highest BCUT2D eigenvalue weighted by atomic mass is 16.3.